The van der Waals surface area contributed by atoms with Crippen LogP contribution in [0.15, 0.2) is 30.3 Å². The number of nitrogens with one attached hydrogen (secondary N) is 1. The molecule has 5 nitrogen and oxygen atoms in total. The van der Waals surface area contributed by atoms with Crippen molar-refractivity contribution in [2.24, 2.45) is 0 Å². The molecule has 1 aromatic rings. The zero-order chi connectivity index (χ0) is 12.0. The van der Waals surface area contributed by atoms with E-state index in [1.165, 1.54) is 7.11 Å². The van der Waals surface area contributed by atoms with Crippen LogP contribution in [-0.2, 0) is 9.53 Å². The minimum absolute atomic E-state index is 0.446. The molecule has 0 fully saturated rings. The van der Waals surface area contributed by atoms with Crippen LogP contribution in [0.25, 0.3) is 0 Å². The fourth-order valence-corrected chi connectivity index (χ4v) is 1.81. The van der Waals surface area contributed by atoms with Crippen molar-refractivity contribution >= 4 is 14.5 Å². The van der Waals surface area contributed by atoms with Crippen LogP contribution in [-0.4, -0.2) is 24.0 Å². The smallest absolute Gasteiger partial charge is 0.323 e. The highest BCUT2D eigenvalue weighted by Crippen LogP contribution is 2.29. The molecule has 2 atom stereocenters. The van der Waals surface area contributed by atoms with Crippen LogP contribution in [0.4, 0.5) is 0 Å². The summed E-state index contributed by atoms with van der Waals surface area (Å²) >= 11 is 0. The predicted octanol–water partition coefficient (Wildman–Crippen LogP) is 1.44. The minimum atomic E-state index is -1.89. The van der Waals surface area contributed by atoms with Gasteiger partial charge in [-0.25, -0.2) is 5.09 Å². The van der Waals surface area contributed by atoms with Gasteiger partial charge in [0, 0.05) is 0 Å². The molecule has 0 saturated heterocycles. The fraction of sp³-hybridized carbons (Fsp3) is 0.300. The number of hydrogen-bond acceptors (Lipinski definition) is 5. The molecule has 16 heavy (non-hydrogen) atoms. The van der Waals surface area contributed by atoms with Crippen LogP contribution in [0.2, 0.25) is 0 Å². The summed E-state index contributed by atoms with van der Waals surface area (Å²) in [5.74, 6) is 0.0962. The number of carbonyl (C=O) groups excluding carboxylic acids is 1. The summed E-state index contributed by atoms with van der Waals surface area (Å²) in [5.41, 5.74) is 0. The highest BCUT2D eigenvalue weighted by molar-refractivity contribution is 7.44. The quantitative estimate of drug-likeness (QED) is 0.605. The second-order valence-electron chi connectivity index (χ2n) is 3.05. The molecule has 88 valence electrons. The first kappa shape index (κ1) is 12.9. The fourth-order valence-electron chi connectivity index (χ4n) is 1.00. The average molecular weight is 243 g/mol. The van der Waals surface area contributed by atoms with Crippen LogP contribution in [0, 0.1) is 0 Å². The SMILES string of the molecule is COC(=O)C(C)NP(O)Oc1ccccc1. The van der Waals surface area contributed by atoms with Gasteiger partial charge in [0.2, 0.25) is 0 Å². The Morgan fingerprint density at radius 2 is 2.06 bits per heavy atom. The Morgan fingerprint density at radius 3 is 2.62 bits per heavy atom. The molecule has 0 radical (unpaired) electrons. The normalized spacial score (nSPS) is 13.9. The molecule has 2 unspecified atom stereocenters. The van der Waals surface area contributed by atoms with Gasteiger partial charge in [-0.3, -0.25) is 4.79 Å². The standard InChI is InChI=1S/C10H14NO4P/c1-8(10(12)14-2)11-16(13)15-9-6-4-3-5-7-9/h3-8,11,13H,1-2H3. The Balaban J connectivity index is 2.42. The largest absolute Gasteiger partial charge is 0.468 e. The Hall–Kier alpha value is -1.16. The van der Waals surface area contributed by atoms with Gasteiger partial charge in [-0.1, -0.05) is 18.2 Å². The first-order chi connectivity index (χ1) is 7.63. The lowest BCUT2D eigenvalue weighted by molar-refractivity contribution is -0.142. The Bertz CT molecular complexity index is 333. The van der Waals surface area contributed by atoms with Crippen LogP contribution >= 0.6 is 8.53 Å². The van der Waals surface area contributed by atoms with Gasteiger partial charge in [0.15, 0.2) is 0 Å². The van der Waals surface area contributed by atoms with Crippen molar-refractivity contribution in [3.63, 3.8) is 0 Å². The number of rotatable bonds is 5. The van der Waals surface area contributed by atoms with Gasteiger partial charge in [0.1, 0.15) is 11.8 Å². The zero-order valence-corrected chi connectivity index (χ0v) is 9.98. The molecule has 0 aliphatic rings. The lowest BCUT2D eigenvalue weighted by Crippen LogP contribution is -2.32. The maximum atomic E-state index is 11.1. The van der Waals surface area contributed by atoms with Gasteiger partial charge in [0.25, 0.3) is 0 Å². The van der Waals surface area contributed by atoms with E-state index in [0.29, 0.717) is 5.75 Å². The lowest BCUT2D eigenvalue weighted by atomic mass is 10.3. The van der Waals surface area contributed by atoms with Crippen molar-refractivity contribution in [2.45, 2.75) is 13.0 Å². The van der Waals surface area contributed by atoms with E-state index in [9.17, 15) is 9.69 Å². The third-order valence-corrected chi connectivity index (χ3v) is 2.79. The van der Waals surface area contributed by atoms with E-state index in [-0.39, 0.29) is 0 Å². The molecule has 0 aliphatic heterocycles. The van der Waals surface area contributed by atoms with E-state index in [0.717, 1.165) is 0 Å². The highest BCUT2D eigenvalue weighted by atomic mass is 31.2. The number of para-hydroxylation sites is 1. The molecule has 0 heterocycles. The Morgan fingerprint density at radius 1 is 1.44 bits per heavy atom. The molecule has 6 heteroatoms. The monoisotopic (exact) mass is 243 g/mol. The van der Waals surface area contributed by atoms with Crippen molar-refractivity contribution in [2.75, 3.05) is 7.11 Å². The maximum absolute atomic E-state index is 11.1. The topological polar surface area (TPSA) is 67.8 Å². The van der Waals surface area contributed by atoms with E-state index in [4.69, 9.17) is 4.52 Å². The van der Waals surface area contributed by atoms with E-state index >= 15 is 0 Å². The van der Waals surface area contributed by atoms with Crippen LogP contribution in [0.3, 0.4) is 0 Å². The summed E-state index contributed by atoms with van der Waals surface area (Å²) in [4.78, 5) is 20.6. The Labute approximate surface area is 95.4 Å². The van der Waals surface area contributed by atoms with Crippen molar-refractivity contribution in [1.29, 1.82) is 0 Å². The van der Waals surface area contributed by atoms with Gasteiger partial charge in [-0.15, -0.1) is 0 Å². The van der Waals surface area contributed by atoms with Gasteiger partial charge in [-0.2, -0.15) is 0 Å². The number of methoxy groups -OCH3 is 1. The number of esters is 1. The molecule has 0 aliphatic carbocycles. The lowest BCUT2D eigenvalue weighted by Gasteiger charge is -2.16. The molecule has 2 N–H and O–H groups in total. The van der Waals surface area contributed by atoms with Crippen molar-refractivity contribution in [1.82, 2.24) is 5.09 Å². The van der Waals surface area contributed by atoms with Crippen molar-refractivity contribution in [3.8, 4) is 5.75 Å². The molecule has 0 saturated carbocycles. The number of hydrogen-bond donors (Lipinski definition) is 2. The van der Waals surface area contributed by atoms with E-state index in [2.05, 4.69) is 9.82 Å². The second-order valence-corrected chi connectivity index (χ2v) is 4.04. The van der Waals surface area contributed by atoms with Crippen molar-refractivity contribution in [3.05, 3.63) is 30.3 Å². The molecule has 1 aromatic carbocycles. The van der Waals surface area contributed by atoms with E-state index in [1.54, 1.807) is 31.2 Å². The molecule has 1 rings (SSSR count). The van der Waals surface area contributed by atoms with Crippen LogP contribution in [0.5, 0.6) is 5.75 Å². The molecule has 0 spiro atoms. The predicted molar refractivity (Wildman–Crippen MR) is 60.8 cm³/mol. The van der Waals surface area contributed by atoms with E-state index < -0.39 is 20.5 Å². The average Bonchev–Trinajstić information content (AvgIpc) is 2.29. The summed E-state index contributed by atoms with van der Waals surface area (Å²) in [6.45, 7) is 1.59. The van der Waals surface area contributed by atoms with Crippen LogP contribution in [0.1, 0.15) is 6.92 Å². The first-order valence-electron chi connectivity index (χ1n) is 4.69. The number of benzene rings is 1. The van der Waals surface area contributed by atoms with Gasteiger partial charge in [0.05, 0.1) is 7.11 Å². The molecular formula is C10H14NO4P. The molecule has 0 aromatic heterocycles. The molecule has 0 amide bonds. The summed E-state index contributed by atoms with van der Waals surface area (Å²) in [7, 11) is -0.595. The number of ether oxygens (including phenoxy) is 1. The summed E-state index contributed by atoms with van der Waals surface area (Å²) in [6, 6.07) is 8.26. The van der Waals surface area contributed by atoms with Crippen LogP contribution < -0.4 is 9.61 Å². The summed E-state index contributed by atoms with van der Waals surface area (Å²) in [6.07, 6.45) is 0. The molecule has 0 bridgehead atoms. The van der Waals surface area contributed by atoms with Gasteiger partial charge >= 0.3 is 14.5 Å². The third-order valence-electron chi connectivity index (χ3n) is 1.79. The summed E-state index contributed by atoms with van der Waals surface area (Å²) < 4.78 is 9.69. The van der Waals surface area contributed by atoms with Crippen molar-refractivity contribution < 1.29 is 18.9 Å². The second kappa shape index (κ2) is 6.43. The third kappa shape index (κ3) is 4.14. The first-order valence-corrected chi connectivity index (χ1v) is 5.90. The maximum Gasteiger partial charge on any atom is 0.323 e. The molecular weight excluding hydrogens is 229 g/mol. The Kier molecular flexibility index (Phi) is 5.19. The minimum Gasteiger partial charge on any atom is -0.468 e. The van der Waals surface area contributed by atoms with Gasteiger partial charge < -0.3 is 14.2 Å². The highest BCUT2D eigenvalue weighted by Gasteiger charge is 2.18. The zero-order valence-electron chi connectivity index (χ0n) is 9.08. The van der Waals surface area contributed by atoms with Gasteiger partial charge in [-0.05, 0) is 19.1 Å². The van der Waals surface area contributed by atoms with E-state index in [1.807, 2.05) is 6.07 Å². The number of carbonyl (C=O) groups is 1. The summed E-state index contributed by atoms with van der Waals surface area (Å²) in [5, 5.41) is 2.60.